The minimum atomic E-state index is -4.56. The van der Waals surface area contributed by atoms with Gasteiger partial charge in [-0.05, 0) is 61.1 Å². The lowest BCUT2D eigenvalue weighted by atomic mass is 10.0. The van der Waals surface area contributed by atoms with Gasteiger partial charge in [0.25, 0.3) is 5.91 Å². The van der Waals surface area contributed by atoms with Gasteiger partial charge in [-0.3, -0.25) is 4.79 Å². The number of aliphatic hydroxyl groups is 1. The Labute approximate surface area is 216 Å². The summed E-state index contributed by atoms with van der Waals surface area (Å²) in [4.78, 5) is 21.0. The number of halogens is 3. The SMILES string of the molecule is Cc1ccc(NC(=O)c2ccc(C)c(C(F)(F)F)c2)cc1C#Cc1nn(C[C@@H](C)CO)c2ncnc(N)c12. The number of benzene rings is 2. The topological polar surface area (TPSA) is 119 Å². The Morgan fingerprint density at radius 3 is 2.58 bits per heavy atom. The third-order valence-corrected chi connectivity index (χ3v) is 5.97. The second-order valence-corrected chi connectivity index (χ2v) is 9.04. The molecule has 0 spiro atoms. The van der Waals surface area contributed by atoms with Crippen molar-refractivity contribution in [1.82, 2.24) is 19.7 Å². The number of amides is 1. The van der Waals surface area contributed by atoms with Crippen molar-refractivity contribution in [3.63, 3.8) is 0 Å². The van der Waals surface area contributed by atoms with Gasteiger partial charge in [-0.25, -0.2) is 14.6 Å². The monoisotopic (exact) mass is 522 g/mol. The molecule has 4 rings (SSSR count). The van der Waals surface area contributed by atoms with Crippen LogP contribution in [0.1, 0.15) is 45.2 Å². The van der Waals surface area contributed by atoms with Gasteiger partial charge in [0.15, 0.2) is 5.65 Å². The number of rotatable bonds is 5. The van der Waals surface area contributed by atoms with Crippen LogP contribution in [0.5, 0.6) is 0 Å². The minimum Gasteiger partial charge on any atom is -0.396 e. The highest BCUT2D eigenvalue weighted by molar-refractivity contribution is 6.04. The van der Waals surface area contributed by atoms with E-state index in [1.165, 1.54) is 25.4 Å². The summed E-state index contributed by atoms with van der Waals surface area (Å²) in [6.45, 7) is 5.42. The number of nitrogen functional groups attached to an aromatic ring is 1. The van der Waals surface area contributed by atoms with E-state index in [-0.39, 0.29) is 29.5 Å². The van der Waals surface area contributed by atoms with Crippen molar-refractivity contribution < 1.29 is 23.1 Å². The molecule has 4 aromatic rings. The summed E-state index contributed by atoms with van der Waals surface area (Å²) in [5.74, 6) is 5.50. The molecule has 2 heterocycles. The lowest BCUT2D eigenvalue weighted by molar-refractivity contribution is -0.138. The molecule has 2 aromatic heterocycles. The molecule has 8 nitrogen and oxygen atoms in total. The Hall–Kier alpha value is -4.43. The highest BCUT2D eigenvalue weighted by Gasteiger charge is 2.33. The van der Waals surface area contributed by atoms with Crippen LogP contribution in [0.4, 0.5) is 24.7 Å². The summed E-state index contributed by atoms with van der Waals surface area (Å²) in [6.07, 6.45) is -3.23. The van der Waals surface area contributed by atoms with Crippen LogP contribution in [0, 0.1) is 31.6 Å². The maximum absolute atomic E-state index is 13.3. The molecular formula is C27H25F3N6O2. The number of anilines is 2. The van der Waals surface area contributed by atoms with Crippen LogP contribution in [-0.4, -0.2) is 37.4 Å². The van der Waals surface area contributed by atoms with E-state index in [1.807, 2.05) is 13.8 Å². The van der Waals surface area contributed by atoms with Crippen molar-refractivity contribution in [3.05, 3.63) is 76.2 Å². The Bertz CT molecular complexity index is 1580. The molecule has 11 heteroatoms. The normalized spacial score (nSPS) is 12.2. The fourth-order valence-electron chi connectivity index (χ4n) is 3.83. The number of hydrogen-bond donors (Lipinski definition) is 3. The molecule has 1 amide bonds. The summed E-state index contributed by atoms with van der Waals surface area (Å²) in [5.41, 5.74) is 7.75. The van der Waals surface area contributed by atoms with E-state index in [9.17, 15) is 23.1 Å². The molecule has 0 fully saturated rings. The lowest BCUT2D eigenvalue weighted by Gasteiger charge is -2.12. The fraction of sp³-hybridized carbons (Fsp3) is 0.259. The van der Waals surface area contributed by atoms with E-state index in [1.54, 1.807) is 22.9 Å². The molecular weight excluding hydrogens is 497 g/mol. The van der Waals surface area contributed by atoms with Crippen molar-refractivity contribution in [2.24, 2.45) is 5.92 Å². The Kier molecular flexibility index (Phi) is 7.37. The van der Waals surface area contributed by atoms with E-state index in [0.717, 1.165) is 11.6 Å². The molecule has 0 aliphatic carbocycles. The van der Waals surface area contributed by atoms with Gasteiger partial charge in [0.2, 0.25) is 0 Å². The maximum atomic E-state index is 13.3. The van der Waals surface area contributed by atoms with Crippen LogP contribution >= 0.6 is 0 Å². The second-order valence-electron chi connectivity index (χ2n) is 9.04. The number of carbonyl (C=O) groups is 1. The van der Waals surface area contributed by atoms with Crippen molar-refractivity contribution in [3.8, 4) is 11.8 Å². The van der Waals surface area contributed by atoms with Crippen molar-refractivity contribution >= 4 is 28.4 Å². The summed E-state index contributed by atoms with van der Waals surface area (Å²) in [6, 6.07) is 8.47. The summed E-state index contributed by atoms with van der Waals surface area (Å²) < 4.78 is 41.4. The molecule has 0 saturated carbocycles. The van der Waals surface area contributed by atoms with Crippen LogP contribution in [0.3, 0.4) is 0 Å². The van der Waals surface area contributed by atoms with E-state index >= 15 is 0 Å². The molecule has 1 atom stereocenters. The first kappa shape index (κ1) is 26.6. The van der Waals surface area contributed by atoms with Gasteiger partial charge in [-0.2, -0.15) is 18.3 Å². The number of nitrogens with two attached hydrogens (primary N) is 1. The molecule has 0 saturated heterocycles. The van der Waals surface area contributed by atoms with E-state index < -0.39 is 17.6 Å². The average molecular weight is 523 g/mol. The van der Waals surface area contributed by atoms with Crippen molar-refractivity contribution in [2.75, 3.05) is 17.7 Å². The predicted octanol–water partition coefficient (Wildman–Crippen LogP) is 4.32. The first-order valence-electron chi connectivity index (χ1n) is 11.7. The number of aliphatic hydroxyl groups excluding tert-OH is 1. The van der Waals surface area contributed by atoms with Crippen LogP contribution in [-0.2, 0) is 12.7 Å². The number of fused-ring (bicyclic) bond motifs is 1. The smallest absolute Gasteiger partial charge is 0.396 e. The number of aromatic nitrogens is 4. The largest absolute Gasteiger partial charge is 0.416 e. The molecule has 0 unspecified atom stereocenters. The van der Waals surface area contributed by atoms with Gasteiger partial charge in [0, 0.05) is 30.0 Å². The predicted molar refractivity (Wildman–Crippen MR) is 137 cm³/mol. The number of nitrogens with zero attached hydrogens (tertiary/aromatic N) is 4. The quantitative estimate of drug-likeness (QED) is 0.336. The highest BCUT2D eigenvalue weighted by atomic mass is 19.4. The third kappa shape index (κ3) is 5.60. The first-order chi connectivity index (χ1) is 18.0. The van der Waals surface area contributed by atoms with Gasteiger partial charge in [0.05, 0.1) is 10.9 Å². The van der Waals surface area contributed by atoms with Crippen LogP contribution < -0.4 is 11.1 Å². The molecule has 0 aliphatic rings. The summed E-state index contributed by atoms with van der Waals surface area (Å²) >= 11 is 0. The molecule has 4 N–H and O–H groups in total. The molecule has 2 aromatic carbocycles. The lowest BCUT2D eigenvalue weighted by Crippen LogP contribution is -2.15. The van der Waals surface area contributed by atoms with Crippen LogP contribution in [0.2, 0.25) is 0 Å². The van der Waals surface area contributed by atoms with E-state index in [2.05, 4.69) is 32.2 Å². The number of alkyl halides is 3. The maximum Gasteiger partial charge on any atom is 0.416 e. The highest BCUT2D eigenvalue weighted by Crippen LogP contribution is 2.32. The number of nitrogens with one attached hydrogen (secondary N) is 1. The first-order valence-corrected chi connectivity index (χ1v) is 11.7. The zero-order valence-electron chi connectivity index (χ0n) is 20.9. The third-order valence-electron chi connectivity index (χ3n) is 5.97. The van der Waals surface area contributed by atoms with Gasteiger partial charge >= 0.3 is 6.18 Å². The minimum absolute atomic E-state index is 0.0270. The fourth-order valence-corrected chi connectivity index (χ4v) is 3.83. The Balaban J connectivity index is 1.64. The zero-order valence-corrected chi connectivity index (χ0v) is 20.9. The number of hydrogen-bond acceptors (Lipinski definition) is 6. The van der Waals surface area contributed by atoms with Crippen LogP contribution in [0.25, 0.3) is 11.0 Å². The Morgan fingerprint density at radius 2 is 1.87 bits per heavy atom. The Morgan fingerprint density at radius 1 is 1.13 bits per heavy atom. The van der Waals surface area contributed by atoms with Gasteiger partial charge in [0.1, 0.15) is 17.8 Å². The molecule has 0 bridgehead atoms. The summed E-state index contributed by atoms with van der Waals surface area (Å²) in [7, 11) is 0. The van der Waals surface area contributed by atoms with Gasteiger partial charge in [-0.1, -0.05) is 25.0 Å². The van der Waals surface area contributed by atoms with Crippen molar-refractivity contribution in [2.45, 2.75) is 33.5 Å². The van der Waals surface area contributed by atoms with Gasteiger partial charge < -0.3 is 16.2 Å². The molecule has 38 heavy (non-hydrogen) atoms. The average Bonchev–Trinajstić information content (AvgIpc) is 3.22. The molecule has 0 radical (unpaired) electrons. The molecule has 0 aliphatic heterocycles. The number of aryl methyl sites for hydroxylation is 2. The van der Waals surface area contributed by atoms with E-state index in [4.69, 9.17) is 5.73 Å². The van der Waals surface area contributed by atoms with E-state index in [0.29, 0.717) is 34.5 Å². The van der Waals surface area contributed by atoms with Gasteiger partial charge in [-0.15, -0.1) is 0 Å². The zero-order chi connectivity index (χ0) is 27.6. The number of carbonyl (C=O) groups excluding carboxylic acids is 1. The van der Waals surface area contributed by atoms with Crippen molar-refractivity contribution in [1.29, 1.82) is 0 Å². The standard InChI is InChI=1S/C27H25F3N6O2/c1-15(13-37)12-36-25-23(24(31)32-14-33-25)22(35-36)9-7-18-10-20(8-5-16(18)2)34-26(38)19-6-4-17(3)21(11-19)27(28,29)30/h4-6,8,10-11,14-15,37H,12-13H2,1-3H3,(H,34,38)(H2,31,32,33)/t15-/m1/s1. The van der Waals surface area contributed by atoms with Crippen LogP contribution in [0.15, 0.2) is 42.7 Å². The molecule has 196 valence electrons. The summed E-state index contributed by atoms with van der Waals surface area (Å²) in [5, 5.41) is 17.1. The second kappa shape index (κ2) is 10.5.